The molecule has 1 atom stereocenters. The summed E-state index contributed by atoms with van der Waals surface area (Å²) in [6, 6.07) is 12.0. The fourth-order valence-corrected chi connectivity index (χ4v) is 4.33. The Morgan fingerprint density at radius 1 is 1.05 bits per heavy atom. The smallest absolute Gasteiger partial charge is 0.0595 e. The van der Waals surface area contributed by atoms with Gasteiger partial charge in [-0.1, -0.05) is 61.1 Å². The van der Waals surface area contributed by atoms with Crippen LogP contribution in [0.1, 0.15) is 16.0 Å². The van der Waals surface area contributed by atoms with Gasteiger partial charge in [0.05, 0.1) is 10.0 Å². The second-order valence-corrected chi connectivity index (χ2v) is 8.08. The molecule has 0 saturated heterocycles. The van der Waals surface area contributed by atoms with E-state index in [9.17, 15) is 0 Å². The van der Waals surface area contributed by atoms with Crippen LogP contribution >= 0.6 is 77.7 Å². The highest BCUT2D eigenvalue weighted by Gasteiger charge is 2.13. The van der Waals surface area contributed by atoms with Gasteiger partial charge in [0.1, 0.15) is 0 Å². The van der Waals surface area contributed by atoms with E-state index in [0.717, 1.165) is 16.5 Å². The average Bonchev–Trinajstić information content (AvgIpc) is 2.36. The van der Waals surface area contributed by atoms with Gasteiger partial charge in [-0.15, -0.1) is 0 Å². The quantitative estimate of drug-likeness (QED) is 0.293. The maximum absolute atomic E-state index is 6.04. The fraction of sp³-hybridized carbons (Fsp3) is 0.143. The lowest BCUT2D eigenvalue weighted by molar-refractivity contribution is 0.942. The minimum Gasteiger partial charge on any atom is -0.0835 e. The Morgan fingerprint density at radius 2 is 1.79 bits per heavy atom. The van der Waals surface area contributed by atoms with Crippen LogP contribution in [0.4, 0.5) is 0 Å². The Kier molecular flexibility index (Phi) is 6.03. The molecule has 2 aromatic rings. The summed E-state index contributed by atoms with van der Waals surface area (Å²) in [6.07, 6.45) is 0.864. The molecule has 0 aromatic heterocycles. The van der Waals surface area contributed by atoms with Crippen LogP contribution in [0.15, 0.2) is 40.9 Å². The number of halogens is 5. The topological polar surface area (TPSA) is 0 Å². The van der Waals surface area contributed by atoms with E-state index in [0.29, 0.717) is 10.0 Å². The van der Waals surface area contributed by atoms with E-state index in [1.807, 2.05) is 24.3 Å². The lowest BCUT2D eigenvalue weighted by Crippen LogP contribution is -1.98. The first kappa shape index (κ1) is 16.1. The normalized spacial score (nSPS) is 12.5. The first-order valence-corrected chi connectivity index (χ1v) is 9.04. The third-order valence-electron chi connectivity index (χ3n) is 2.69. The van der Waals surface area contributed by atoms with Crippen molar-refractivity contribution in [2.24, 2.45) is 0 Å². The average molecular weight is 535 g/mol. The molecule has 0 heterocycles. The predicted octanol–water partition coefficient (Wildman–Crippen LogP) is 7.04. The molecule has 2 rings (SSSR count). The van der Waals surface area contributed by atoms with Crippen molar-refractivity contribution in [1.82, 2.24) is 0 Å². The fourth-order valence-electron chi connectivity index (χ4n) is 1.74. The minimum absolute atomic E-state index is 0.245. The molecule has 0 fully saturated rings. The minimum atomic E-state index is 0.245. The van der Waals surface area contributed by atoms with Crippen molar-refractivity contribution in [2.75, 3.05) is 0 Å². The van der Waals surface area contributed by atoms with E-state index >= 15 is 0 Å². The molecule has 0 saturated carbocycles. The van der Waals surface area contributed by atoms with E-state index in [-0.39, 0.29) is 4.83 Å². The lowest BCUT2D eigenvalue weighted by atomic mass is 10.0. The largest absolute Gasteiger partial charge is 0.0835 e. The van der Waals surface area contributed by atoms with E-state index < -0.39 is 0 Å². The Labute approximate surface area is 153 Å². The molecule has 1 unspecified atom stereocenters. The molecule has 0 N–H and O–H groups in total. The molecular weight excluding hydrogens is 526 g/mol. The number of hydrogen-bond donors (Lipinski definition) is 0. The van der Waals surface area contributed by atoms with Crippen LogP contribution in [0.25, 0.3) is 0 Å². The summed E-state index contributed by atoms with van der Waals surface area (Å²) in [5.41, 5.74) is 2.42. The van der Waals surface area contributed by atoms with Gasteiger partial charge < -0.3 is 0 Å². The third-order valence-corrected chi connectivity index (χ3v) is 5.73. The lowest BCUT2D eigenvalue weighted by Gasteiger charge is -2.13. The van der Waals surface area contributed by atoms with Gasteiger partial charge in [0.25, 0.3) is 0 Å². The van der Waals surface area contributed by atoms with Gasteiger partial charge in [-0.25, -0.2) is 0 Å². The summed E-state index contributed by atoms with van der Waals surface area (Å²) in [5.74, 6) is 0. The third kappa shape index (κ3) is 4.34. The Bertz CT molecular complexity index is 602. The molecule has 0 aliphatic carbocycles. The molecule has 0 spiro atoms. The van der Waals surface area contributed by atoms with Crippen molar-refractivity contribution >= 4 is 77.7 Å². The molecule has 0 amide bonds. The number of benzene rings is 2. The second-order valence-electron chi connectivity index (χ2n) is 4.09. The zero-order chi connectivity index (χ0) is 14.0. The molecule has 0 aliphatic rings. The van der Waals surface area contributed by atoms with E-state index in [2.05, 4.69) is 66.6 Å². The van der Waals surface area contributed by atoms with Gasteiger partial charge in [0.2, 0.25) is 0 Å². The summed E-state index contributed by atoms with van der Waals surface area (Å²) in [6.45, 7) is 0. The van der Waals surface area contributed by atoms with Gasteiger partial charge in [-0.2, -0.15) is 0 Å². The molecule has 2 aromatic carbocycles. The number of hydrogen-bond acceptors (Lipinski definition) is 0. The molecule has 19 heavy (non-hydrogen) atoms. The summed E-state index contributed by atoms with van der Waals surface area (Å²) < 4.78 is 2.32. The Balaban J connectivity index is 2.22. The second kappa shape index (κ2) is 7.12. The molecule has 0 bridgehead atoms. The monoisotopic (exact) mass is 532 g/mol. The van der Waals surface area contributed by atoms with Gasteiger partial charge in [-0.3, -0.25) is 0 Å². The highest BCUT2D eigenvalue weighted by molar-refractivity contribution is 14.1. The first-order valence-electron chi connectivity index (χ1n) is 5.50. The van der Waals surface area contributed by atoms with Gasteiger partial charge in [-0.05, 0) is 70.5 Å². The summed E-state index contributed by atoms with van der Waals surface area (Å²) >= 11 is 21.6. The molecule has 5 heteroatoms. The van der Waals surface area contributed by atoms with Crippen LogP contribution < -0.4 is 0 Å². The van der Waals surface area contributed by atoms with Crippen LogP contribution in [0.2, 0.25) is 10.0 Å². The molecule has 0 radical (unpaired) electrons. The van der Waals surface area contributed by atoms with Crippen molar-refractivity contribution in [3.05, 3.63) is 65.6 Å². The standard InChI is InChI=1S/C14H9Br2Cl2I/c15-9-2-4-14(19)10(7-9)11(16)5-8-1-3-12(17)13(18)6-8/h1-4,6-7,11H,5H2. The zero-order valence-electron chi connectivity index (χ0n) is 9.64. The Hall–Kier alpha value is 0.710. The van der Waals surface area contributed by atoms with Gasteiger partial charge in [0.15, 0.2) is 0 Å². The molecule has 0 aliphatic heterocycles. The van der Waals surface area contributed by atoms with E-state index in [1.54, 1.807) is 0 Å². The van der Waals surface area contributed by atoms with Crippen molar-refractivity contribution in [1.29, 1.82) is 0 Å². The Morgan fingerprint density at radius 3 is 2.47 bits per heavy atom. The van der Waals surface area contributed by atoms with Crippen LogP contribution in [-0.2, 0) is 6.42 Å². The SMILES string of the molecule is Clc1ccc(CC(Br)c2cc(Br)ccc2I)cc1Cl. The zero-order valence-corrected chi connectivity index (χ0v) is 16.5. The highest BCUT2D eigenvalue weighted by Crippen LogP contribution is 2.33. The van der Waals surface area contributed by atoms with Crippen molar-refractivity contribution < 1.29 is 0 Å². The van der Waals surface area contributed by atoms with Crippen molar-refractivity contribution in [3.8, 4) is 0 Å². The summed E-state index contributed by atoms with van der Waals surface area (Å²) in [7, 11) is 0. The maximum atomic E-state index is 6.04. The van der Waals surface area contributed by atoms with Crippen LogP contribution in [0, 0.1) is 3.57 Å². The molecular formula is C14H9Br2Cl2I. The van der Waals surface area contributed by atoms with Crippen molar-refractivity contribution in [2.45, 2.75) is 11.2 Å². The maximum Gasteiger partial charge on any atom is 0.0595 e. The van der Waals surface area contributed by atoms with Gasteiger partial charge in [0, 0.05) is 12.9 Å². The van der Waals surface area contributed by atoms with E-state index in [1.165, 1.54) is 9.13 Å². The van der Waals surface area contributed by atoms with Crippen LogP contribution in [-0.4, -0.2) is 0 Å². The van der Waals surface area contributed by atoms with Crippen LogP contribution in [0.5, 0.6) is 0 Å². The number of rotatable bonds is 3. The number of alkyl halides is 1. The van der Waals surface area contributed by atoms with Gasteiger partial charge >= 0.3 is 0 Å². The van der Waals surface area contributed by atoms with E-state index in [4.69, 9.17) is 23.2 Å². The summed E-state index contributed by atoms with van der Waals surface area (Å²) in [4.78, 5) is 0.245. The predicted molar refractivity (Wildman–Crippen MR) is 98.7 cm³/mol. The van der Waals surface area contributed by atoms with Crippen LogP contribution in [0.3, 0.4) is 0 Å². The summed E-state index contributed by atoms with van der Waals surface area (Å²) in [5, 5.41) is 1.19. The molecule has 100 valence electrons. The highest BCUT2D eigenvalue weighted by atomic mass is 127. The first-order chi connectivity index (χ1) is 8.97. The molecule has 0 nitrogen and oxygen atoms in total. The van der Waals surface area contributed by atoms with Crippen molar-refractivity contribution in [3.63, 3.8) is 0 Å².